The first-order valence-electron chi connectivity index (χ1n) is 8.55. The van der Waals surface area contributed by atoms with Gasteiger partial charge in [-0.15, -0.1) is 0 Å². The zero-order chi connectivity index (χ0) is 20.4. The third-order valence-electron chi connectivity index (χ3n) is 4.03. The molecule has 0 saturated carbocycles. The Hall–Kier alpha value is -3.36. The van der Waals surface area contributed by atoms with E-state index in [2.05, 4.69) is 25.6 Å². The van der Waals surface area contributed by atoms with Crippen molar-refractivity contribution >= 4 is 55.8 Å². The van der Waals surface area contributed by atoms with Crippen LogP contribution in [0.1, 0.15) is 17.3 Å². The van der Waals surface area contributed by atoms with E-state index in [-0.39, 0.29) is 17.0 Å². The molecule has 7 nitrogen and oxygen atoms in total. The molecule has 0 bridgehead atoms. The highest BCUT2D eigenvalue weighted by atomic mass is 35.5. The van der Waals surface area contributed by atoms with Gasteiger partial charge in [0.25, 0.3) is 5.91 Å². The fourth-order valence-electron chi connectivity index (χ4n) is 2.70. The first-order chi connectivity index (χ1) is 14.0. The molecule has 0 fully saturated rings. The molecule has 3 heterocycles. The van der Waals surface area contributed by atoms with Crippen LogP contribution in [0, 0.1) is 0 Å². The minimum absolute atomic E-state index is 0.166. The number of hydrogen-bond acceptors (Lipinski definition) is 6. The van der Waals surface area contributed by atoms with Gasteiger partial charge in [0.1, 0.15) is 0 Å². The van der Waals surface area contributed by atoms with Crippen LogP contribution >= 0.6 is 22.9 Å². The molecule has 29 heavy (non-hydrogen) atoms. The van der Waals surface area contributed by atoms with Gasteiger partial charge in [-0.25, -0.2) is 9.97 Å². The van der Waals surface area contributed by atoms with E-state index in [0.29, 0.717) is 16.4 Å². The van der Waals surface area contributed by atoms with Crippen LogP contribution in [0.5, 0.6) is 0 Å². The van der Waals surface area contributed by atoms with E-state index in [9.17, 15) is 9.59 Å². The molecule has 0 spiro atoms. The second-order valence-electron chi connectivity index (χ2n) is 6.14. The zero-order valence-electron chi connectivity index (χ0n) is 15.1. The Morgan fingerprint density at radius 3 is 2.59 bits per heavy atom. The van der Waals surface area contributed by atoms with Crippen molar-refractivity contribution in [1.82, 2.24) is 15.0 Å². The summed E-state index contributed by atoms with van der Waals surface area (Å²) in [7, 11) is 0. The number of halogens is 1. The van der Waals surface area contributed by atoms with E-state index in [1.165, 1.54) is 18.3 Å². The van der Waals surface area contributed by atoms with Crippen LogP contribution in [-0.2, 0) is 4.79 Å². The summed E-state index contributed by atoms with van der Waals surface area (Å²) in [5.74, 6) is -0.466. The third-order valence-corrected chi connectivity index (χ3v) is 5.27. The van der Waals surface area contributed by atoms with E-state index in [0.717, 1.165) is 21.3 Å². The molecule has 2 N–H and O–H groups in total. The van der Waals surface area contributed by atoms with Crippen LogP contribution < -0.4 is 10.6 Å². The Balaban J connectivity index is 1.64. The van der Waals surface area contributed by atoms with Gasteiger partial charge in [-0.2, -0.15) is 0 Å². The molecular formula is C20H14ClN5O2S. The van der Waals surface area contributed by atoms with Gasteiger partial charge < -0.3 is 10.6 Å². The number of benzene rings is 1. The summed E-state index contributed by atoms with van der Waals surface area (Å²) in [6, 6.07) is 10.7. The number of thiazole rings is 1. The van der Waals surface area contributed by atoms with Crippen molar-refractivity contribution in [2.45, 2.75) is 6.92 Å². The third kappa shape index (κ3) is 4.23. The standard InChI is InChI=1S/C20H14ClN5O2S/c1-11(27)24-20-26-15-3-2-13(9-17(15)29-20)14-8-16(18(21)23-10-14)25-19(28)12-4-6-22-7-5-12/h2-10H,1H3,(H,25,28)(H,24,26,27). The van der Waals surface area contributed by atoms with Crippen LogP contribution in [0.15, 0.2) is 55.0 Å². The van der Waals surface area contributed by atoms with Crippen molar-refractivity contribution in [1.29, 1.82) is 0 Å². The summed E-state index contributed by atoms with van der Waals surface area (Å²) >= 11 is 7.56. The monoisotopic (exact) mass is 423 g/mol. The predicted octanol–water partition coefficient (Wildman–Crippen LogP) is 4.62. The maximum absolute atomic E-state index is 12.4. The first kappa shape index (κ1) is 19.0. The molecule has 0 unspecified atom stereocenters. The van der Waals surface area contributed by atoms with E-state index < -0.39 is 0 Å². The van der Waals surface area contributed by atoms with E-state index in [4.69, 9.17) is 11.6 Å². The molecule has 3 aromatic heterocycles. The van der Waals surface area contributed by atoms with Crippen molar-refractivity contribution in [3.05, 3.63) is 65.7 Å². The highest BCUT2D eigenvalue weighted by Gasteiger charge is 2.12. The number of fused-ring (bicyclic) bond motifs is 1. The fraction of sp³-hybridized carbons (Fsp3) is 0.0500. The minimum atomic E-state index is -0.300. The summed E-state index contributed by atoms with van der Waals surface area (Å²) in [4.78, 5) is 36.1. The second-order valence-corrected chi connectivity index (χ2v) is 7.52. The van der Waals surface area contributed by atoms with E-state index in [1.807, 2.05) is 18.2 Å². The van der Waals surface area contributed by atoms with Gasteiger partial charge in [0, 0.05) is 36.6 Å². The summed E-state index contributed by atoms with van der Waals surface area (Å²) < 4.78 is 0.920. The minimum Gasteiger partial charge on any atom is -0.319 e. The number of pyridine rings is 2. The lowest BCUT2D eigenvalue weighted by Gasteiger charge is -2.09. The average Bonchev–Trinajstić information content (AvgIpc) is 3.11. The maximum Gasteiger partial charge on any atom is 0.255 e. The van der Waals surface area contributed by atoms with Crippen LogP contribution in [0.2, 0.25) is 5.15 Å². The lowest BCUT2D eigenvalue weighted by Crippen LogP contribution is -2.12. The second kappa shape index (κ2) is 7.94. The number of nitrogens with zero attached hydrogens (tertiary/aromatic N) is 3. The van der Waals surface area contributed by atoms with E-state index in [1.54, 1.807) is 36.8 Å². The topological polar surface area (TPSA) is 96.9 Å². The molecule has 0 radical (unpaired) electrons. The number of nitrogens with one attached hydrogen (secondary N) is 2. The Bertz CT molecular complexity index is 1230. The Kier molecular flexibility index (Phi) is 5.20. The normalized spacial score (nSPS) is 10.7. The van der Waals surface area contributed by atoms with Gasteiger partial charge >= 0.3 is 0 Å². The summed E-state index contributed by atoms with van der Waals surface area (Å²) in [6.07, 6.45) is 4.73. The summed E-state index contributed by atoms with van der Waals surface area (Å²) in [5.41, 5.74) is 3.35. The van der Waals surface area contributed by atoms with Gasteiger partial charge in [-0.05, 0) is 35.9 Å². The number of aromatic nitrogens is 3. The predicted molar refractivity (Wildman–Crippen MR) is 114 cm³/mol. The lowest BCUT2D eigenvalue weighted by molar-refractivity contribution is -0.114. The van der Waals surface area contributed by atoms with Gasteiger partial charge in [0.15, 0.2) is 10.3 Å². The quantitative estimate of drug-likeness (QED) is 0.467. The molecule has 144 valence electrons. The molecular weight excluding hydrogens is 410 g/mol. The molecule has 4 aromatic rings. The van der Waals surface area contributed by atoms with Crippen molar-refractivity contribution in [3.8, 4) is 11.1 Å². The average molecular weight is 424 g/mol. The molecule has 0 saturated heterocycles. The zero-order valence-corrected chi connectivity index (χ0v) is 16.7. The molecule has 0 aliphatic rings. The highest BCUT2D eigenvalue weighted by Crippen LogP contribution is 2.32. The van der Waals surface area contributed by atoms with Crippen LogP contribution in [-0.4, -0.2) is 26.8 Å². The molecule has 9 heteroatoms. The summed E-state index contributed by atoms with van der Waals surface area (Å²) in [6.45, 7) is 1.44. The lowest BCUT2D eigenvalue weighted by atomic mass is 10.1. The van der Waals surface area contributed by atoms with Crippen molar-refractivity contribution in [3.63, 3.8) is 0 Å². The molecule has 0 atom stereocenters. The van der Waals surface area contributed by atoms with Crippen LogP contribution in [0.25, 0.3) is 21.3 Å². The Labute approximate surface area is 174 Å². The molecule has 1 aromatic carbocycles. The number of carbonyl (C=O) groups excluding carboxylic acids is 2. The highest BCUT2D eigenvalue weighted by molar-refractivity contribution is 7.22. The van der Waals surface area contributed by atoms with Gasteiger partial charge in [-0.3, -0.25) is 14.6 Å². The van der Waals surface area contributed by atoms with Crippen molar-refractivity contribution in [2.75, 3.05) is 10.6 Å². The molecule has 0 aliphatic heterocycles. The summed E-state index contributed by atoms with van der Waals surface area (Å²) in [5, 5.41) is 6.22. The Morgan fingerprint density at radius 2 is 1.83 bits per heavy atom. The number of hydrogen-bond donors (Lipinski definition) is 2. The van der Waals surface area contributed by atoms with Gasteiger partial charge in [0.2, 0.25) is 5.91 Å². The maximum atomic E-state index is 12.4. The van der Waals surface area contributed by atoms with Crippen molar-refractivity contribution in [2.24, 2.45) is 0 Å². The smallest absolute Gasteiger partial charge is 0.255 e. The largest absolute Gasteiger partial charge is 0.319 e. The fourth-order valence-corrected chi connectivity index (χ4v) is 3.80. The molecule has 4 rings (SSSR count). The van der Waals surface area contributed by atoms with E-state index >= 15 is 0 Å². The first-order valence-corrected chi connectivity index (χ1v) is 9.74. The van der Waals surface area contributed by atoms with Gasteiger partial charge in [0.05, 0.1) is 15.9 Å². The van der Waals surface area contributed by atoms with Crippen molar-refractivity contribution < 1.29 is 9.59 Å². The van der Waals surface area contributed by atoms with Gasteiger partial charge in [-0.1, -0.05) is 29.0 Å². The molecule has 0 aliphatic carbocycles. The SMILES string of the molecule is CC(=O)Nc1nc2ccc(-c3cnc(Cl)c(NC(=O)c4ccncc4)c3)cc2s1. The van der Waals surface area contributed by atoms with Crippen LogP contribution in [0.4, 0.5) is 10.8 Å². The molecule has 2 amide bonds. The number of rotatable bonds is 4. The number of carbonyl (C=O) groups is 2. The van der Waals surface area contributed by atoms with Crippen LogP contribution in [0.3, 0.4) is 0 Å². The Morgan fingerprint density at radius 1 is 1.03 bits per heavy atom. The number of amides is 2. The number of anilines is 2.